The van der Waals surface area contributed by atoms with E-state index >= 15 is 0 Å². The SMILES string of the molecule is CO[C@H]1C[C@@H]2C(=CC1C1C(C)=NO[C@H]1C)NC1=C2[C@@H](C2C3=C(C=CCC3)N[C@@H]2C)NC(C)N1. The molecule has 0 radical (unpaired) electrons. The van der Waals surface area contributed by atoms with Gasteiger partial charge >= 0.3 is 0 Å². The maximum atomic E-state index is 6.11. The maximum Gasteiger partial charge on any atom is 0.133 e. The first kappa shape index (κ1) is 21.3. The second-order valence-corrected chi connectivity index (χ2v) is 10.6. The molecule has 7 nitrogen and oxygen atoms in total. The molecule has 0 amide bonds. The van der Waals surface area contributed by atoms with Crippen LogP contribution in [0.25, 0.3) is 0 Å². The van der Waals surface area contributed by atoms with Crippen LogP contribution in [0.2, 0.25) is 0 Å². The van der Waals surface area contributed by atoms with E-state index in [4.69, 9.17) is 9.57 Å². The van der Waals surface area contributed by atoms with Crippen LogP contribution >= 0.6 is 0 Å². The van der Waals surface area contributed by atoms with Gasteiger partial charge in [-0.1, -0.05) is 17.3 Å². The summed E-state index contributed by atoms with van der Waals surface area (Å²) in [5, 5.41) is 19.5. The molecule has 9 atom stereocenters. The molecule has 6 rings (SSSR count). The molecule has 0 aromatic carbocycles. The van der Waals surface area contributed by atoms with Crippen molar-refractivity contribution in [1.29, 1.82) is 0 Å². The molecule has 0 fully saturated rings. The van der Waals surface area contributed by atoms with Gasteiger partial charge in [0.25, 0.3) is 0 Å². The molecular weight excluding hydrogens is 414 g/mol. The summed E-state index contributed by atoms with van der Waals surface area (Å²) < 4.78 is 6.11. The average molecular weight is 452 g/mol. The van der Waals surface area contributed by atoms with E-state index in [0.717, 1.165) is 25.0 Å². The number of hydrogen-bond donors (Lipinski definition) is 4. The third kappa shape index (κ3) is 3.27. The Morgan fingerprint density at radius 1 is 1.15 bits per heavy atom. The van der Waals surface area contributed by atoms with Crippen molar-refractivity contribution in [3.63, 3.8) is 0 Å². The standard InChI is InChI=1S/C26H37N5O2/c1-12-23(16-8-6-7-9-19(16)27-12)25-24-17-11-21(32-5)18(22-13(2)31-33-14(22)3)10-20(17)30-26(24)29-15(4)28-25/h7,9-10,12,14-15,17-18,21-23,25,27-30H,6,8,11H2,1-5H3/t12-,14+,15?,17-,18?,21+,22?,23?,25-/m1/s1. The molecule has 33 heavy (non-hydrogen) atoms. The van der Waals surface area contributed by atoms with Crippen LogP contribution in [-0.4, -0.2) is 43.3 Å². The van der Waals surface area contributed by atoms with Crippen molar-refractivity contribution in [3.05, 3.63) is 46.6 Å². The highest BCUT2D eigenvalue weighted by Gasteiger charge is 2.50. The monoisotopic (exact) mass is 451 g/mol. The fraction of sp³-hybridized carbons (Fsp3) is 0.654. The first-order valence-electron chi connectivity index (χ1n) is 12.6. The van der Waals surface area contributed by atoms with Gasteiger partial charge in [0.1, 0.15) is 11.9 Å². The summed E-state index contributed by atoms with van der Waals surface area (Å²) in [4.78, 5) is 5.62. The number of fused-ring (bicyclic) bond motifs is 2. The fourth-order valence-electron chi connectivity index (χ4n) is 7.27. The van der Waals surface area contributed by atoms with Crippen molar-refractivity contribution in [3.8, 4) is 0 Å². The smallest absolute Gasteiger partial charge is 0.133 e. The Morgan fingerprint density at radius 2 is 2.00 bits per heavy atom. The molecule has 2 aliphatic carbocycles. The molecule has 0 saturated carbocycles. The van der Waals surface area contributed by atoms with Crippen molar-refractivity contribution < 1.29 is 9.57 Å². The molecule has 6 aliphatic rings. The predicted octanol–water partition coefficient (Wildman–Crippen LogP) is 2.87. The second kappa shape index (κ2) is 7.91. The minimum absolute atomic E-state index is 0.0766. The molecule has 4 unspecified atom stereocenters. The lowest BCUT2D eigenvalue weighted by atomic mass is 9.70. The van der Waals surface area contributed by atoms with E-state index in [2.05, 4.69) is 72.3 Å². The molecule has 4 aliphatic heterocycles. The average Bonchev–Trinajstić information content (AvgIpc) is 3.43. The second-order valence-electron chi connectivity index (χ2n) is 10.6. The number of methoxy groups -OCH3 is 1. The van der Waals surface area contributed by atoms with Crippen LogP contribution in [0, 0.1) is 23.7 Å². The maximum absolute atomic E-state index is 6.11. The first-order chi connectivity index (χ1) is 16.0. The van der Waals surface area contributed by atoms with E-state index in [1.807, 2.05) is 7.11 Å². The molecule has 178 valence electrons. The summed E-state index contributed by atoms with van der Waals surface area (Å²) in [6.45, 7) is 8.76. The van der Waals surface area contributed by atoms with Gasteiger partial charge in [0, 0.05) is 54.3 Å². The summed E-state index contributed by atoms with van der Waals surface area (Å²) in [6, 6.07) is 0.708. The fourth-order valence-corrected chi connectivity index (χ4v) is 7.27. The molecule has 0 aromatic heterocycles. The first-order valence-corrected chi connectivity index (χ1v) is 12.6. The van der Waals surface area contributed by atoms with Crippen LogP contribution in [0.15, 0.2) is 51.7 Å². The van der Waals surface area contributed by atoms with Gasteiger partial charge in [-0.2, -0.15) is 0 Å². The van der Waals surface area contributed by atoms with Crippen LogP contribution in [0.4, 0.5) is 0 Å². The van der Waals surface area contributed by atoms with Gasteiger partial charge in [0.15, 0.2) is 0 Å². The summed E-state index contributed by atoms with van der Waals surface area (Å²) in [5.41, 5.74) is 6.79. The van der Waals surface area contributed by atoms with E-state index in [1.165, 1.54) is 22.8 Å². The number of rotatable bonds is 3. The summed E-state index contributed by atoms with van der Waals surface area (Å²) >= 11 is 0. The van der Waals surface area contributed by atoms with Crippen LogP contribution in [0.3, 0.4) is 0 Å². The van der Waals surface area contributed by atoms with Crippen LogP contribution in [-0.2, 0) is 9.57 Å². The van der Waals surface area contributed by atoms with Crippen LogP contribution in [0.5, 0.6) is 0 Å². The Morgan fingerprint density at radius 3 is 2.76 bits per heavy atom. The largest absolute Gasteiger partial charge is 0.392 e. The lowest BCUT2D eigenvalue weighted by molar-refractivity contribution is 0.00386. The number of ether oxygens (including phenoxy) is 1. The third-order valence-corrected chi connectivity index (χ3v) is 8.67. The Kier molecular flexibility index (Phi) is 5.11. The van der Waals surface area contributed by atoms with E-state index in [-0.39, 0.29) is 30.2 Å². The number of allylic oxidation sites excluding steroid dienone is 3. The van der Waals surface area contributed by atoms with Gasteiger partial charge in [-0.15, -0.1) is 0 Å². The third-order valence-electron chi connectivity index (χ3n) is 8.67. The lowest BCUT2D eigenvalue weighted by Crippen LogP contribution is -2.57. The van der Waals surface area contributed by atoms with Gasteiger partial charge in [-0.05, 0) is 64.2 Å². The zero-order chi connectivity index (χ0) is 22.9. The topological polar surface area (TPSA) is 78.9 Å². The lowest BCUT2D eigenvalue weighted by Gasteiger charge is -2.41. The van der Waals surface area contributed by atoms with Crippen molar-refractivity contribution in [2.45, 2.75) is 77.4 Å². The van der Waals surface area contributed by atoms with Gasteiger partial charge in [-0.3, -0.25) is 5.32 Å². The molecule has 0 bridgehead atoms. The normalized spacial score (nSPS) is 43.6. The number of hydrogen-bond acceptors (Lipinski definition) is 7. The number of nitrogens with zero attached hydrogens (tertiary/aromatic N) is 1. The van der Waals surface area contributed by atoms with Crippen LogP contribution < -0.4 is 21.3 Å². The molecule has 0 spiro atoms. The molecule has 7 heteroatoms. The summed E-state index contributed by atoms with van der Waals surface area (Å²) in [7, 11) is 1.85. The van der Waals surface area contributed by atoms with E-state index in [1.54, 1.807) is 5.57 Å². The van der Waals surface area contributed by atoms with Gasteiger partial charge in [0.2, 0.25) is 0 Å². The Balaban J connectivity index is 1.36. The summed E-state index contributed by atoms with van der Waals surface area (Å²) in [5.74, 6) is 2.50. The Bertz CT molecular complexity index is 995. The predicted molar refractivity (Wildman–Crippen MR) is 129 cm³/mol. The van der Waals surface area contributed by atoms with E-state index in [0.29, 0.717) is 23.9 Å². The summed E-state index contributed by atoms with van der Waals surface area (Å²) in [6.07, 6.45) is 10.7. The Labute approximate surface area is 196 Å². The number of oxime groups is 1. The molecule has 0 saturated heterocycles. The highest BCUT2D eigenvalue weighted by atomic mass is 16.6. The molecule has 4 heterocycles. The molecule has 0 aromatic rings. The highest BCUT2D eigenvalue weighted by molar-refractivity contribution is 5.86. The quantitative estimate of drug-likeness (QED) is 0.529. The zero-order valence-electron chi connectivity index (χ0n) is 20.3. The zero-order valence-corrected chi connectivity index (χ0v) is 20.3. The van der Waals surface area contributed by atoms with Crippen molar-refractivity contribution in [1.82, 2.24) is 21.3 Å². The number of nitrogens with one attached hydrogen (secondary N) is 4. The van der Waals surface area contributed by atoms with Crippen molar-refractivity contribution >= 4 is 5.71 Å². The molecule has 4 N–H and O–H groups in total. The highest BCUT2D eigenvalue weighted by Crippen LogP contribution is 2.48. The molecular formula is C26H37N5O2. The minimum atomic E-state index is 0.0766. The van der Waals surface area contributed by atoms with Gasteiger partial charge in [-0.25, -0.2) is 0 Å². The Hall–Kier alpha value is -2.25. The van der Waals surface area contributed by atoms with Crippen molar-refractivity contribution in [2.24, 2.45) is 28.8 Å². The van der Waals surface area contributed by atoms with E-state index in [9.17, 15) is 0 Å². The van der Waals surface area contributed by atoms with Crippen LogP contribution in [0.1, 0.15) is 47.0 Å². The van der Waals surface area contributed by atoms with E-state index < -0.39 is 0 Å². The minimum Gasteiger partial charge on any atom is -0.392 e. The van der Waals surface area contributed by atoms with Gasteiger partial charge in [0.05, 0.1) is 18.0 Å². The van der Waals surface area contributed by atoms with Crippen molar-refractivity contribution in [2.75, 3.05) is 7.11 Å². The van der Waals surface area contributed by atoms with Gasteiger partial charge < -0.3 is 25.5 Å².